The number of hydrogen-bond acceptors (Lipinski definition) is 3. The van der Waals surface area contributed by atoms with Gasteiger partial charge in [-0.15, -0.1) is 11.8 Å². The third-order valence-corrected chi connectivity index (χ3v) is 3.52. The summed E-state index contributed by atoms with van der Waals surface area (Å²) < 4.78 is 0. The molecule has 0 spiro atoms. The summed E-state index contributed by atoms with van der Waals surface area (Å²) in [6.45, 7) is 1.99. The van der Waals surface area contributed by atoms with Gasteiger partial charge >= 0.3 is 0 Å². The fraction of sp³-hybridized carbons (Fsp3) is 0.200. The zero-order chi connectivity index (χ0) is 13.0. The fourth-order valence-corrected chi connectivity index (χ4v) is 2.35. The molecule has 0 fully saturated rings. The van der Waals surface area contributed by atoms with E-state index in [4.69, 9.17) is 0 Å². The van der Waals surface area contributed by atoms with Crippen molar-refractivity contribution in [1.29, 1.82) is 0 Å². The normalized spacial score (nSPS) is 10.3. The number of carbonyl (C=O) groups excluding carboxylic acids is 1. The van der Waals surface area contributed by atoms with Gasteiger partial charge in [-0.3, -0.25) is 9.78 Å². The number of aryl methyl sites for hydroxylation is 1. The van der Waals surface area contributed by atoms with E-state index in [0.717, 1.165) is 21.7 Å². The lowest BCUT2D eigenvalue weighted by molar-refractivity contribution is 0.0989. The molecule has 18 heavy (non-hydrogen) atoms. The molecular formula is C15H15NOS. The van der Waals surface area contributed by atoms with E-state index in [2.05, 4.69) is 4.98 Å². The number of nitrogens with zero attached hydrogens (tertiary/aromatic N) is 1. The summed E-state index contributed by atoms with van der Waals surface area (Å²) in [5, 5.41) is 0. The van der Waals surface area contributed by atoms with Gasteiger partial charge in [0, 0.05) is 22.3 Å². The largest absolute Gasteiger partial charge is 0.294 e. The van der Waals surface area contributed by atoms with Crippen LogP contribution in [0, 0.1) is 6.92 Å². The fourth-order valence-electron chi connectivity index (χ4n) is 1.74. The zero-order valence-electron chi connectivity index (χ0n) is 10.5. The Balaban J connectivity index is 2.19. The summed E-state index contributed by atoms with van der Waals surface area (Å²) in [5.74, 6) is 0.122. The van der Waals surface area contributed by atoms with E-state index in [-0.39, 0.29) is 5.78 Å². The summed E-state index contributed by atoms with van der Waals surface area (Å²) in [6, 6.07) is 11.6. The molecule has 0 amide bonds. The van der Waals surface area contributed by atoms with Gasteiger partial charge in [0.05, 0.1) is 6.42 Å². The van der Waals surface area contributed by atoms with Crippen LogP contribution < -0.4 is 0 Å². The average molecular weight is 257 g/mol. The van der Waals surface area contributed by atoms with E-state index < -0.39 is 0 Å². The number of benzene rings is 1. The van der Waals surface area contributed by atoms with Crippen LogP contribution in [0.2, 0.25) is 0 Å². The Hall–Kier alpha value is -1.61. The van der Waals surface area contributed by atoms with Gasteiger partial charge in [-0.25, -0.2) is 0 Å². The van der Waals surface area contributed by atoms with Crippen LogP contribution in [-0.2, 0) is 6.42 Å². The molecular weight excluding hydrogens is 242 g/mol. The number of aromatic nitrogens is 1. The van der Waals surface area contributed by atoms with E-state index in [9.17, 15) is 4.79 Å². The van der Waals surface area contributed by atoms with Gasteiger partial charge in [-0.2, -0.15) is 0 Å². The first-order valence-electron chi connectivity index (χ1n) is 5.78. The van der Waals surface area contributed by atoms with Crippen LogP contribution in [-0.4, -0.2) is 17.0 Å². The van der Waals surface area contributed by atoms with Crippen molar-refractivity contribution in [1.82, 2.24) is 4.98 Å². The number of thioether (sulfide) groups is 1. The van der Waals surface area contributed by atoms with E-state index in [0.29, 0.717) is 6.42 Å². The first kappa shape index (κ1) is 12.8. The minimum absolute atomic E-state index is 0.122. The average Bonchev–Trinajstić information content (AvgIpc) is 2.41. The highest BCUT2D eigenvalue weighted by Gasteiger charge is 2.11. The Bertz CT molecular complexity index is 549. The minimum atomic E-state index is 0.122. The molecule has 2 rings (SSSR count). The maximum absolute atomic E-state index is 12.2. The second kappa shape index (κ2) is 5.83. The van der Waals surface area contributed by atoms with Crippen LogP contribution in [0.15, 0.2) is 47.5 Å². The van der Waals surface area contributed by atoms with Crippen molar-refractivity contribution in [3.05, 3.63) is 59.4 Å². The van der Waals surface area contributed by atoms with E-state index in [1.807, 2.05) is 49.6 Å². The predicted octanol–water partition coefficient (Wildman–Crippen LogP) is 3.54. The summed E-state index contributed by atoms with van der Waals surface area (Å²) in [7, 11) is 0. The van der Waals surface area contributed by atoms with Crippen molar-refractivity contribution in [3.8, 4) is 0 Å². The molecule has 0 aliphatic carbocycles. The SMILES string of the molecule is CSc1ccccc1C(=O)Cc1ccc(C)cn1. The quantitative estimate of drug-likeness (QED) is 0.620. The smallest absolute Gasteiger partial charge is 0.169 e. The van der Waals surface area contributed by atoms with Gasteiger partial charge in [0.25, 0.3) is 0 Å². The van der Waals surface area contributed by atoms with Gasteiger partial charge in [0.15, 0.2) is 5.78 Å². The van der Waals surface area contributed by atoms with Crippen molar-refractivity contribution in [3.63, 3.8) is 0 Å². The number of hydrogen-bond donors (Lipinski definition) is 0. The molecule has 92 valence electrons. The Morgan fingerprint density at radius 2 is 2.00 bits per heavy atom. The molecule has 0 atom stereocenters. The van der Waals surface area contributed by atoms with Crippen molar-refractivity contribution in [2.24, 2.45) is 0 Å². The second-order valence-electron chi connectivity index (χ2n) is 4.13. The second-order valence-corrected chi connectivity index (χ2v) is 4.98. The van der Waals surface area contributed by atoms with E-state index in [1.54, 1.807) is 18.0 Å². The van der Waals surface area contributed by atoms with Gasteiger partial charge in [-0.05, 0) is 30.9 Å². The topological polar surface area (TPSA) is 30.0 Å². The Kier molecular flexibility index (Phi) is 4.15. The highest BCUT2D eigenvalue weighted by Crippen LogP contribution is 2.21. The number of rotatable bonds is 4. The third-order valence-electron chi connectivity index (χ3n) is 2.72. The van der Waals surface area contributed by atoms with Gasteiger partial charge in [0.2, 0.25) is 0 Å². The number of pyridine rings is 1. The van der Waals surface area contributed by atoms with Gasteiger partial charge in [0.1, 0.15) is 0 Å². The molecule has 0 N–H and O–H groups in total. The molecule has 0 radical (unpaired) electrons. The molecule has 3 heteroatoms. The van der Waals surface area contributed by atoms with Crippen LogP contribution in [0.25, 0.3) is 0 Å². The molecule has 0 aliphatic rings. The molecule has 0 bridgehead atoms. The summed E-state index contributed by atoms with van der Waals surface area (Å²) in [5.41, 5.74) is 2.71. The Morgan fingerprint density at radius 1 is 1.22 bits per heavy atom. The molecule has 0 aliphatic heterocycles. The monoisotopic (exact) mass is 257 g/mol. The molecule has 0 saturated carbocycles. The first-order valence-corrected chi connectivity index (χ1v) is 7.01. The summed E-state index contributed by atoms with van der Waals surface area (Å²) in [6.07, 6.45) is 4.14. The van der Waals surface area contributed by atoms with Crippen molar-refractivity contribution < 1.29 is 4.79 Å². The van der Waals surface area contributed by atoms with Crippen LogP contribution in [0.3, 0.4) is 0 Å². The van der Waals surface area contributed by atoms with Gasteiger partial charge in [-0.1, -0.05) is 24.3 Å². The Morgan fingerprint density at radius 3 is 2.67 bits per heavy atom. The van der Waals surface area contributed by atoms with Crippen LogP contribution in [0.1, 0.15) is 21.6 Å². The van der Waals surface area contributed by atoms with Crippen LogP contribution >= 0.6 is 11.8 Å². The molecule has 2 aromatic rings. The number of ketones is 1. The standard InChI is InChI=1S/C15H15NOS/c1-11-7-8-12(16-10-11)9-14(17)13-5-3-4-6-15(13)18-2/h3-8,10H,9H2,1-2H3. The molecule has 0 saturated heterocycles. The Labute approximate surface area is 111 Å². The molecule has 1 aromatic carbocycles. The van der Waals surface area contributed by atoms with Crippen molar-refractivity contribution in [2.75, 3.05) is 6.26 Å². The lowest BCUT2D eigenvalue weighted by Crippen LogP contribution is -2.06. The van der Waals surface area contributed by atoms with Gasteiger partial charge < -0.3 is 0 Å². The molecule has 2 nitrogen and oxygen atoms in total. The van der Waals surface area contributed by atoms with E-state index >= 15 is 0 Å². The van der Waals surface area contributed by atoms with Crippen molar-refractivity contribution >= 4 is 17.5 Å². The predicted molar refractivity (Wildman–Crippen MR) is 75.2 cm³/mol. The molecule has 0 unspecified atom stereocenters. The molecule has 1 aromatic heterocycles. The van der Waals surface area contributed by atoms with Crippen molar-refractivity contribution in [2.45, 2.75) is 18.2 Å². The summed E-state index contributed by atoms with van der Waals surface area (Å²) >= 11 is 1.60. The first-order chi connectivity index (χ1) is 8.70. The van der Waals surface area contributed by atoms with Crippen LogP contribution in [0.4, 0.5) is 0 Å². The molecule has 1 heterocycles. The highest BCUT2D eigenvalue weighted by atomic mass is 32.2. The lowest BCUT2D eigenvalue weighted by atomic mass is 10.1. The third kappa shape index (κ3) is 2.99. The van der Waals surface area contributed by atoms with Crippen LogP contribution in [0.5, 0.6) is 0 Å². The number of carbonyl (C=O) groups is 1. The zero-order valence-corrected chi connectivity index (χ0v) is 11.3. The minimum Gasteiger partial charge on any atom is -0.294 e. The maximum atomic E-state index is 12.2. The maximum Gasteiger partial charge on any atom is 0.169 e. The highest BCUT2D eigenvalue weighted by molar-refractivity contribution is 7.98. The lowest BCUT2D eigenvalue weighted by Gasteiger charge is -2.06. The van der Waals surface area contributed by atoms with E-state index in [1.165, 1.54) is 0 Å². The number of Topliss-reactive ketones (excluding diaryl/α,β-unsaturated/α-hetero) is 1. The summed E-state index contributed by atoms with van der Waals surface area (Å²) in [4.78, 5) is 17.5.